The van der Waals surface area contributed by atoms with E-state index < -0.39 is 21.3 Å². The molecule has 4 aromatic carbocycles. The number of nitro benzene ring substituents is 1. The number of halogens is 1. The average molecular weight is 730 g/mol. The molecule has 6 N–H and O–H groups in total. The summed E-state index contributed by atoms with van der Waals surface area (Å²) in [5.41, 5.74) is 5.08. The van der Waals surface area contributed by atoms with Gasteiger partial charge in [-0.2, -0.15) is 0 Å². The lowest BCUT2D eigenvalue weighted by atomic mass is 9.96. The van der Waals surface area contributed by atoms with Crippen LogP contribution >= 0.6 is 15.9 Å². The van der Waals surface area contributed by atoms with Crippen LogP contribution in [-0.2, 0) is 9.59 Å². The fourth-order valence-electron chi connectivity index (χ4n) is 4.80. The standard InChI is InChI=1S/C17H15BrN4O4.C17H18N4O2/c1-17(2,3)15(24)21-16-19-11-5-4-8-6-10(18)12(22(25)26)7-9(8)13(11)14(23)20-16;1-17(2,3)15(23)21-16-19-12-7-5-9-4-6-10(18)8-11(9)13(12)14(22)20-16/h4-7H,1-3H3,(H2,19,20,21,23,24);4-8H,18H2,1-3H3,(H2,19,20,21,22,23). The summed E-state index contributed by atoms with van der Waals surface area (Å²) in [6.45, 7) is 10.6. The van der Waals surface area contributed by atoms with Gasteiger partial charge in [-0.25, -0.2) is 9.97 Å². The molecule has 0 spiro atoms. The number of carbonyl (C=O) groups excluding carboxylic acids is 2. The number of carbonyl (C=O) groups is 2. The molecule has 15 heteroatoms. The zero-order chi connectivity index (χ0) is 36.0. The molecular formula is C34H33BrN8O6. The Morgan fingerprint density at radius 1 is 0.755 bits per heavy atom. The Morgan fingerprint density at radius 2 is 1.20 bits per heavy atom. The van der Waals surface area contributed by atoms with Gasteiger partial charge in [0, 0.05) is 28.0 Å². The molecule has 0 unspecified atom stereocenters. The number of nitrogens with one attached hydrogen (secondary N) is 4. The van der Waals surface area contributed by atoms with E-state index in [1.54, 1.807) is 77.9 Å². The molecule has 0 aliphatic heterocycles. The van der Waals surface area contributed by atoms with Gasteiger partial charge < -0.3 is 5.73 Å². The lowest BCUT2D eigenvalue weighted by molar-refractivity contribution is -0.385. The number of anilines is 3. The van der Waals surface area contributed by atoms with E-state index in [4.69, 9.17) is 5.73 Å². The number of H-pyrrole nitrogens is 2. The van der Waals surface area contributed by atoms with Gasteiger partial charge in [-0.05, 0) is 62.4 Å². The van der Waals surface area contributed by atoms with E-state index in [0.717, 1.165) is 10.8 Å². The first-order valence-corrected chi connectivity index (χ1v) is 15.8. The van der Waals surface area contributed by atoms with Crippen LogP contribution in [0.1, 0.15) is 41.5 Å². The van der Waals surface area contributed by atoms with Gasteiger partial charge in [0.05, 0.1) is 31.2 Å². The van der Waals surface area contributed by atoms with Crippen molar-refractivity contribution in [3.8, 4) is 0 Å². The third-order valence-corrected chi connectivity index (χ3v) is 8.13. The molecule has 2 amide bonds. The lowest BCUT2D eigenvalue weighted by Gasteiger charge is -2.17. The van der Waals surface area contributed by atoms with E-state index in [9.17, 15) is 29.3 Å². The highest BCUT2D eigenvalue weighted by molar-refractivity contribution is 9.10. The SMILES string of the molecule is CC(C)(C)C(=O)Nc1nc2ccc3cc(Br)c([N+](=O)[O-])cc3c2c(=O)[nH]1.CC(C)(C)C(=O)Nc1nc2ccc3ccc(N)cc3c2c(=O)[nH]1. The molecular weight excluding hydrogens is 696 g/mol. The van der Waals surface area contributed by atoms with Gasteiger partial charge in [-0.15, -0.1) is 0 Å². The molecule has 0 aliphatic rings. The summed E-state index contributed by atoms with van der Waals surface area (Å²) in [6.07, 6.45) is 0. The van der Waals surface area contributed by atoms with Crippen LogP contribution < -0.4 is 27.5 Å². The molecule has 6 rings (SSSR count). The van der Waals surface area contributed by atoms with E-state index in [1.807, 2.05) is 12.1 Å². The fraction of sp³-hybridized carbons (Fsp3) is 0.235. The number of aromatic amines is 2. The first kappa shape index (κ1) is 34.6. The Hall–Kier alpha value is -5.70. The average Bonchev–Trinajstić information content (AvgIpc) is 2.99. The van der Waals surface area contributed by atoms with Crippen LogP contribution in [-0.4, -0.2) is 36.7 Å². The van der Waals surface area contributed by atoms with Crippen molar-refractivity contribution in [2.75, 3.05) is 16.4 Å². The van der Waals surface area contributed by atoms with Crippen molar-refractivity contribution in [3.05, 3.63) is 89.9 Å². The monoisotopic (exact) mass is 728 g/mol. The van der Waals surface area contributed by atoms with E-state index in [2.05, 4.69) is 46.5 Å². The third-order valence-electron chi connectivity index (χ3n) is 7.49. The molecule has 6 aromatic rings. The zero-order valence-corrected chi connectivity index (χ0v) is 29.0. The van der Waals surface area contributed by atoms with Crippen molar-refractivity contribution in [2.45, 2.75) is 41.5 Å². The van der Waals surface area contributed by atoms with Gasteiger partial charge in [0.2, 0.25) is 23.7 Å². The van der Waals surface area contributed by atoms with Crippen molar-refractivity contribution in [1.82, 2.24) is 19.9 Å². The molecule has 0 aliphatic carbocycles. The van der Waals surface area contributed by atoms with Gasteiger partial charge in [-0.1, -0.05) is 59.7 Å². The minimum atomic E-state index is -0.649. The highest BCUT2D eigenvalue weighted by Crippen LogP contribution is 2.33. The summed E-state index contributed by atoms with van der Waals surface area (Å²) < 4.78 is 0.327. The van der Waals surface area contributed by atoms with Gasteiger partial charge in [0.1, 0.15) is 0 Å². The van der Waals surface area contributed by atoms with Crippen LogP contribution in [0, 0.1) is 20.9 Å². The Morgan fingerprint density at radius 3 is 1.67 bits per heavy atom. The summed E-state index contributed by atoms with van der Waals surface area (Å²) in [7, 11) is 0. The minimum Gasteiger partial charge on any atom is -0.399 e. The summed E-state index contributed by atoms with van der Waals surface area (Å²) in [5, 5.41) is 19.8. The van der Waals surface area contributed by atoms with E-state index in [0.29, 0.717) is 37.4 Å². The predicted octanol–water partition coefficient (Wildman–Crippen LogP) is 6.37. The number of nitro groups is 1. The second-order valence-electron chi connectivity index (χ2n) is 13.4. The molecule has 0 bridgehead atoms. The van der Waals surface area contributed by atoms with Crippen molar-refractivity contribution in [2.24, 2.45) is 10.8 Å². The van der Waals surface area contributed by atoms with Crippen LogP contribution in [0.15, 0.2) is 68.7 Å². The minimum absolute atomic E-state index is 0.0355. The van der Waals surface area contributed by atoms with Crippen LogP contribution in [0.2, 0.25) is 0 Å². The van der Waals surface area contributed by atoms with Crippen LogP contribution in [0.5, 0.6) is 0 Å². The molecule has 0 atom stereocenters. The van der Waals surface area contributed by atoms with Gasteiger partial charge in [-0.3, -0.25) is 49.9 Å². The molecule has 2 aromatic heterocycles. The number of hydrogen-bond donors (Lipinski definition) is 5. The van der Waals surface area contributed by atoms with Gasteiger partial charge in [0.15, 0.2) is 0 Å². The molecule has 0 saturated heterocycles. The second-order valence-corrected chi connectivity index (χ2v) is 14.3. The summed E-state index contributed by atoms with van der Waals surface area (Å²) in [5.74, 6) is -0.329. The highest BCUT2D eigenvalue weighted by Gasteiger charge is 2.24. The number of fused-ring (bicyclic) bond motifs is 6. The number of nitrogen functional groups attached to an aromatic ring is 1. The number of hydrogen-bond acceptors (Lipinski definition) is 9. The summed E-state index contributed by atoms with van der Waals surface area (Å²) >= 11 is 3.17. The number of amides is 2. The van der Waals surface area contributed by atoms with Gasteiger partial charge in [0.25, 0.3) is 16.8 Å². The Bertz CT molecular complexity index is 2460. The van der Waals surface area contributed by atoms with Crippen molar-refractivity contribution in [1.29, 1.82) is 0 Å². The number of nitrogens with zero attached hydrogens (tertiary/aromatic N) is 3. The number of benzene rings is 4. The zero-order valence-electron chi connectivity index (χ0n) is 27.4. The highest BCUT2D eigenvalue weighted by atomic mass is 79.9. The number of rotatable bonds is 3. The third kappa shape index (κ3) is 7.26. The topological polar surface area (TPSA) is 219 Å². The Balaban J connectivity index is 0.000000192. The maximum atomic E-state index is 12.6. The molecule has 49 heavy (non-hydrogen) atoms. The van der Waals surface area contributed by atoms with E-state index in [-0.39, 0.29) is 40.3 Å². The molecule has 0 fully saturated rings. The largest absolute Gasteiger partial charge is 0.399 e. The summed E-state index contributed by atoms with van der Waals surface area (Å²) in [6, 6.07) is 15.3. The Kier molecular flexibility index (Phi) is 8.99. The second kappa shape index (κ2) is 12.7. The molecule has 14 nitrogen and oxygen atoms in total. The normalized spacial score (nSPS) is 11.7. The maximum Gasteiger partial charge on any atom is 0.284 e. The molecule has 0 saturated carbocycles. The fourth-order valence-corrected chi connectivity index (χ4v) is 5.30. The predicted molar refractivity (Wildman–Crippen MR) is 195 cm³/mol. The first-order chi connectivity index (χ1) is 22.8. The van der Waals surface area contributed by atoms with Crippen molar-refractivity contribution >= 4 is 94.4 Å². The smallest absolute Gasteiger partial charge is 0.284 e. The lowest BCUT2D eigenvalue weighted by Crippen LogP contribution is -2.29. The van der Waals surface area contributed by atoms with Gasteiger partial charge >= 0.3 is 0 Å². The van der Waals surface area contributed by atoms with E-state index in [1.165, 1.54) is 6.07 Å². The molecule has 0 radical (unpaired) electrons. The number of aromatic nitrogens is 4. The Labute approximate surface area is 286 Å². The summed E-state index contributed by atoms with van der Waals surface area (Å²) in [4.78, 5) is 73.6. The maximum absolute atomic E-state index is 12.6. The number of nitrogens with two attached hydrogens (primary N) is 1. The van der Waals surface area contributed by atoms with E-state index >= 15 is 0 Å². The molecule has 2 heterocycles. The first-order valence-electron chi connectivity index (χ1n) is 15.0. The van der Waals surface area contributed by atoms with Crippen LogP contribution in [0.3, 0.4) is 0 Å². The van der Waals surface area contributed by atoms with Crippen LogP contribution in [0.25, 0.3) is 43.4 Å². The van der Waals surface area contributed by atoms with Crippen molar-refractivity contribution in [3.63, 3.8) is 0 Å². The van der Waals surface area contributed by atoms with Crippen LogP contribution in [0.4, 0.5) is 23.3 Å². The molecule has 252 valence electrons. The van der Waals surface area contributed by atoms with Crippen molar-refractivity contribution < 1.29 is 14.5 Å². The quantitative estimate of drug-likeness (QED) is 0.0590.